The molecule has 0 atom stereocenters. The number of pyridine rings is 1. The summed E-state index contributed by atoms with van der Waals surface area (Å²) < 4.78 is 5.38. The third-order valence-electron chi connectivity index (χ3n) is 7.00. The van der Waals surface area contributed by atoms with E-state index in [0.717, 1.165) is 59.5 Å². The first kappa shape index (κ1) is 24.5. The van der Waals surface area contributed by atoms with Gasteiger partial charge in [0, 0.05) is 20.7 Å². The summed E-state index contributed by atoms with van der Waals surface area (Å²) in [6.45, 7) is 0. The van der Waals surface area contributed by atoms with Gasteiger partial charge in [0.2, 0.25) is 0 Å². The van der Waals surface area contributed by atoms with Crippen LogP contribution in [0.1, 0.15) is 9.67 Å². The molecule has 40 heavy (non-hydrogen) atoms. The first-order valence-corrected chi connectivity index (χ1v) is 14.4. The molecule has 1 amide bonds. The molecule has 0 aliphatic carbocycles. The molecule has 7 heteroatoms. The molecule has 0 fully saturated rings. The molecule has 4 aromatic carbocycles. The lowest BCUT2D eigenvalue weighted by Gasteiger charge is -2.30. The van der Waals surface area contributed by atoms with Crippen LogP contribution in [0.2, 0.25) is 0 Å². The van der Waals surface area contributed by atoms with Crippen molar-refractivity contribution < 1.29 is 9.53 Å². The zero-order valence-electron chi connectivity index (χ0n) is 21.5. The summed E-state index contributed by atoms with van der Waals surface area (Å²) in [4.78, 5) is 24.4. The van der Waals surface area contributed by atoms with E-state index in [1.165, 1.54) is 11.3 Å². The average molecular weight is 558 g/mol. The highest BCUT2D eigenvalue weighted by molar-refractivity contribution is 7.99. The van der Waals surface area contributed by atoms with Crippen LogP contribution < -0.4 is 15.4 Å². The quantitative estimate of drug-likeness (QED) is 0.235. The van der Waals surface area contributed by atoms with E-state index in [9.17, 15) is 4.79 Å². The Hall–Kier alpha value is -4.59. The van der Waals surface area contributed by atoms with E-state index in [2.05, 4.69) is 6.07 Å². The zero-order chi connectivity index (χ0) is 27.2. The third-order valence-corrected chi connectivity index (χ3v) is 9.22. The molecule has 2 N–H and O–H groups in total. The number of amides is 1. The largest absolute Gasteiger partial charge is 0.497 e. The highest BCUT2D eigenvalue weighted by atomic mass is 32.2. The van der Waals surface area contributed by atoms with Gasteiger partial charge in [-0.3, -0.25) is 9.69 Å². The fraction of sp³-hybridized carbons (Fsp3) is 0.0303. The summed E-state index contributed by atoms with van der Waals surface area (Å²) >= 11 is 3.01. The van der Waals surface area contributed by atoms with Gasteiger partial charge in [0.15, 0.2) is 0 Å². The monoisotopic (exact) mass is 557 g/mol. The van der Waals surface area contributed by atoms with Crippen LogP contribution in [0.5, 0.6) is 5.75 Å². The topological polar surface area (TPSA) is 68.5 Å². The minimum Gasteiger partial charge on any atom is -0.497 e. The molecular weight excluding hydrogens is 535 g/mol. The summed E-state index contributed by atoms with van der Waals surface area (Å²) in [5.74, 6) is 0.606. The molecule has 7 rings (SSSR count). The van der Waals surface area contributed by atoms with Gasteiger partial charge >= 0.3 is 0 Å². The number of hydrogen-bond acceptors (Lipinski definition) is 6. The number of nitrogen functional groups attached to an aromatic ring is 1. The lowest BCUT2D eigenvalue weighted by molar-refractivity contribution is 0.100. The molecule has 0 spiro atoms. The van der Waals surface area contributed by atoms with Crippen molar-refractivity contribution in [2.45, 2.75) is 9.79 Å². The fourth-order valence-corrected chi connectivity index (χ4v) is 7.17. The van der Waals surface area contributed by atoms with Crippen LogP contribution in [-0.4, -0.2) is 18.0 Å². The molecule has 1 aliphatic heterocycles. The normalized spacial score (nSPS) is 12.2. The number of thiophene rings is 1. The standard InChI is InChI=1S/C33H23N3O2S2/c1-38-22-17-15-20(16-18-22)23-19-24(21-9-3-2-4-10-21)35-32-29(23)30(34)31(40-32)33(37)36-25-11-5-7-13-27(25)39-28-14-8-6-12-26(28)36/h2-19H,34H2,1H3. The van der Waals surface area contributed by atoms with Gasteiger partial charge in [0.25, 0.3) is 5.91 Å². The van der Waals surface area contributed by atoms with Crippen molar-refractivity contribution in [1.29, 1.82) is 0 Å². The molecule has 0 unspecified atom stereocenters. The highest BCUT2D eigenvalue weighted by Crippen LogP contribution is 2.50. The van der Waals surface area contributed by atoms with Crippen LogP contribution in [0.4, 0.5) is 17.1 Å². The second kappa shape index (κ2) is 9.86. The van der Waals surface area contributed by atoms with Gasteiger partial charge < -0.3 is 10.5 Å². The second-order valence-electron chi connectivity index (χ2n) is 9.35. The number of anilines is 3. The lowest BCUT2D eigenvalue weighted by Crippen LogP contribution is -2.28. The van der Waals surface area contributed by atoms with Gasteiger partial charge in [-0.25, -0.2) is 4.98 Å². The Bertz CT molecular complexity index is 1850. The highest BCUT2D eigenvalue weighted by Gasteiger charge is 2.32. The van der Waals surface area contributed by atoms with Crippen molar-refractivity contribution in [3.05, 3.63) is 114 Å². The molecule has 1 aliphatic rings. The summed E-state index contributed by atoms with van der Waals surface area (Å²) in [6, 6.07) is 35.9. The smallest absolute Gasteiger partial charge is 0.275 e. The Kier molecular flexibility index (Phi) is 6.03. The number of nitrogens with zero attached hydrogens (tertiary/aromatic N) is 2. The van der Waals surface area contributed by atoms with Gasteiger partial charge in [0.05, 0.1) is 29.9 Å². The van der Waals surface area contributed by atoms with E-state index >= 15 is 0 Å². The van der Waals surface area contributed by atoms with E-state index in [1.807, 2.05) is 103 Å². The number of methoxy groups -OCH3 is 1. The average Bonchev–Trinajstić information content (AvgIpc) is 3.35. The van der Waals surface area contributed by atoms with Crippen LogP contribution >= 0.6 is 23.1 Å². The number of rotatable bonds is 4. The van der Waals surface area contributed by atoms with Gasteiger partial charge in [-0.2, -0.15) is 0 Å². The van der Waals surface area contributed by atoms with Crippen molar-refractivity contribution in [1.82, 2.24) is 4.98 Å². The van der Waals surface area contributed by atoms with Gasteiger partial charge in [0.1, 0.15) is 15.5 Å². The Morgan fingerprint density at radius 3 is 2.08 bits per heavy atom. The third kappa shape index (κ3) is 4.02. The maximum Gasteiger partial charge on any atom is 0.275 e. The van der Waals surface area contributed by atoms with Crippen molar-refractivity contribution in [3.63, 3.8) is 0 Å². The number of carbonyl (C=O) groups is 1. The number of ether oxygens (including phenoxy) is 1. The number of fused-ring (bicyclic) bond motifs is 3. The van der Waals surface area contributed by atoms with Crippen molar-refractivity contribution >= 4 is 56.3 Å². The molecule has 2 aromatic heterocycles. The Balaban J connectivity index is 1.44. The number of carbonyl (C=O) groups excluding carboxylic acids is 1. The maximum atomic E-state index is 14.4. The van der Waals surface area contributed by atoms with E-state index < -0.39 is 0 Å². The van der Waals surface area contributed by atoms with Crippen molar-refractivity contribution in [3.8, 4) is 28.1 Å². The Labute approximate surface area is 239 Å². The molecule has 5 nitrogen and oxygen atoms in total. The van der Waals surface area contributed by atoms with E-state index in [-0.39, 0.29) is 5.91 Å². The number of aromatic nitrogens is 1. The minimum absolute atomic E-state index is 0.164. The van der Waals surface area contributed by atoms with Gasteiger partial charge in [-0.05, 0) is 53.6 Å². The predicted molar refractivity (Wildman–Crippen MR) is 165 cm³/mol. The van der Waals surface area contributed by atoms with Crippen LogP contribution in [-0.2, 0) is 0 Å². The van der Waals surface area contributed by atoms with Crippen LogP contribution in [0.3, 0.4) is 0 Å². The molecule has 194 valence electrons. The summed E-state index contributed by atoms with van der Waals surface area (Å²) in [7, 11) is 1.65. The van der Waals surface area contributed by atoms with Gasteiger partial charge in [-0.15, -0.1) is 11.3 Å². The molecular formula is C33H23N3O2S2. The van der Waals surface area contributed by atoms with Crippen LogP contribution in [0.25, 0.3) is 32.6 Å². The first-order valence-electron chi connectivity index (χ1n) is 12.8. The van der Waals surface area contributed by atoms with Crippen LogP contribution in [0.15, 0.2) is 119 Å². The minimum atomic E-state index is -0.164. The lowest BCUT2D eigenvalue weighted by atomic mass is 9.99. The second-order valence-corrected chi connectivity index (χ2v) is 11.4. The number of para-hydroxylation sites is 2. The van der Waals surface area contributed by atoms with Crippen LogP contribution in [0, 0.1) is 0 Å². The summed E-state index contributed by atoms with van der Waals surface area (Å²) in [6.07, 6.45) is 0. The Morgan fingerprint density at radius 1 is 0.800 bits per heavy atom. The Morgan fingerprint density at radius 2 is 1.43 bits per heavy atom. The van der Waals surface area contributed by atoms with E-state index in [0.29, 0.717) is 10.6 Å². The molecule has 0 saturated carbocycles. The van der Waals surface area contributed by atoms with E-state index in [1.54, 1.807) is 23.8 Å². The summed E-state index contributed by atoms with van der Waals surface area (Å²) in [5, 5.41) is 0.783. The number of benzene rings is 4. The van der Waals surface area contributed by atoms with E-state index in [4.69, 9.17) is 15.5 Å². The maximum absolute atomic E-state index is 14.4. The van der Waals surface area contributed by atoms with Gasteiger partial charge in [-0.1, -0.05) is 78.5 Å². The predicted octanol–water partition coefficient (Wildman–Crippen LogP) is 8.66. The number of hydrogen-bond donors (Lipinski definition) is 1. The molecule has 0 radical (unpaired) electrons. The molecule has 0 bridgehead atoms. The number of nitrogens with two attached hydrogens (primary N) is 1. The molecule has 6 aromatic rings. The summed E-state index contributed by atoms with van der Waals surface area (Å²) in [5.41, 5.74) is 12.7. The fourth-order valence-electron chi connectivity index (χ4n) is 5.06. The van der Waals surface area contributed by atoms with Crippen molar-refractivity contribution in [2.24, 2.45) is 0 Å². The SMILES string of the molecule is COc1ccc(-c2cc(-c3ccccc3)nc3sc(C(=O)N4c5ccccc5Sc5ccccc54)c(N)c23)cc1. The first-order chi connectivity index (χ1) is 19.6. The zero-order valence-corrected chi connectivity index (χ0v) is 23.1. The molecule has 0 saturated heterocycles. The van der Waals surface area contributed by atoms with Crippen molar-refractivity contribution in [2.75, 3.05) is 17.7 Å². The molecule has 3 heterocycles.